The summed E-state index contributed by atoms with van der Waals surface area (Å²) in [7, 11) is 0. The van der Waals surface area contributed by atoms with Gasteiger partial charge in [-0.3, -0.25) is 19.4 Å². The molecule has 1 spiro atoms. The van der Waals surface area contributed by atoms with Crippen molar-refractivity contribution >= 4 is 23.5 Å². The maximum Gasteiger partial charge on any atom is 0.416 e. The molecular weight excluding hydrogens is 559 g/mol. The zero-order valence-electron chi connectivity index (χ0n) is 25.1. The van der Waals surface area contributed by atoms with Crippen LogP contribution in [0.4, 0.5) is 13.2 Å². The van der Waals surface area contributed by atoms with Crippen molar-refractivity contribution in [1.82, 2.24) is 10.2 Å². The van der Waals surface area contributed by atoms with Crippen LogP contribution in [0.2, 0.25) is 0 Å². The number of hydrogen-bond donors (Lipinski definition) is 2. The van der Waals surface area contributed by atoms with E-state index in [4.69, 9.17) is 10.1 Å². The van der Waals surface area contributed by atoms with Crippen LogP contribution in [0.5, 0.6) is 0 Å². The molecule has 1 saturated carbocycles. The molecule has 1 aliphatic heterocycles. The van der Waals surface area contributed by atoms with Crippen LogP contribution in [0, 0.1) is 11.3 Å². The van der Waals surface area contributed by atoms with Crippen molar-refractivity contribution in [2.24, 2.45) is 16.3 Å². The molecule has 1 unspecified atom stereocenters. The summed E-state index contributed by atoms with van der Waals surface area (Å²) in [4.78, 5) is 44.3. The molecule has 4 rings (SSSR count). The Hall–Kier alpha value is -3.69. The first-order valence-electron chi connectivity index (χ1n) is 14.9. The smallest absolute Gasteiger partial charge is 0.416 e. The van der Waals surface area contributed by atoms with E-state index in [-0.39, 0.29) is 35.6 Å². The second-order valence-corrected chi connectivity index (χ2v) is 12.7. The molecule has 43 heavy (non-hydrogen) atoms. The molecule has 1 heterocycles. The summed E-state index contributed by atoms with van der Waals surface area (Å²) in [5.41, 5.74) is -0.263. The average molecular weight is 600 g/mol. The average Bonchev–Trinajstić information content (AvgIpc) is 3.21. The molecular formula is C33H40F3N3O4. The summed E-state index contributed by atoms with van der Waals surface area (Å²) < 4.78 is 40.8. The van der Waals surface area contributed by atoms with Gasteiger partial charge in [0.1, 0.15) is 11.4 Å². The Morgan fingerprint density at radius 2 is 1.74 bits per heavy atom. The highest BCUT2D eigenvalue weighted by Crippen LogP contribution is 2.50. The number of alkyl halides is 3. The third-order valence-electron chi connectivity index (χ3n) is 8.72. The van der Waals surface area contributed by atoms with Crippen LogP contribution in [-0.4, -0.2) is 45.7 Å². The van der Waals surface area contributed by atoms with Gasteiger partial charge in [0.2, 0.25) is 0 Å². The molecule has 2 aromatic rings. The molecule has 10 heteroatoms. The van der Waals surface area contributed by atoms with E-state index in [1.807, 2.05) is 6.92 Å². The van der Waals surface area contributed by atoms with Crippen LogP contribution < -0.4 is 5.32 Å². The molecule has 2 amide bonds. The fraction of sp³-hybridized carbons (Fsp3) is 0.515. The van der Waals surface area contributed by atoms with Gasteiger partial charge in [0.25, 0.3) is 11.8 Å². The molecule has 0 saturated heterocycles. The quantitative estimate of drug-likeness (QED) is 0.324. The number of halogens is 3. The first kappa shape index (κ1) is 32.2. The highest BCUT2D eigenvalue weighted by Gasteiger charge is 2.52. The standard InChI is InChI=1S/C33H40F3N3O4/c1-5-7-26(21-10-12-22(13-11-21)29(42)37-19-16-27(40)41)39-30(43)28(23-8-6-9-25(20-23)33(34,35)36)38-32(39)17-14-24(15-18-32)31(2,3)4/h6,8-13,20,24,26H,5,7,14-19H2,1-4H3,(H,37,42)(H,40,41). The maximum absolute atomic E-state index is 14.3. The zero-order chi connectivity index (χ0) is 31.6. The minimum absolute atomic E-state index is 0.00436. The highest BCUT2D eigenvalue weighted by atomic mass is 19.4. The van der Waals surface area contributed by atoms with Crippen molar-refractivity contribution in [3.8, 4) is 0 Å². The van der Waals surface area contributed by atoms with E-state index >= 15 is 0 Å². The Kier molecular flexibility index (Phi) is 9.37. The van der Waals surface area contributed by atoms with Crippen molar-refractivity contribution in [2.45, 2.75) is 90.5 Å². The molecule has 0 bridgehead atoms. The lowest BCUT2D eigenvalue weighted by molar-refractivity contribution is -0.138. The Morgan fingerprint density at radius 3 is 2.30 bits per heavy atom. The SMILES string of the molecule is CCCC(c1ccc(C(=O)NCCC(=O)O)cc1)N1C(=O)C(c2cccc(C(F)(F)F)c2)=NC12CCC(C(C)(C)C)CC2. The summed E-state index contributed by atoms with van der Waals surface area (Å²) >= 11 is 0. The maximum atomic E-state index is 14.3. The van der Waals surface area contributed by atoms with Crippen molar-refractivity contribution in [3.63, 3.8) is 0 Å². The number of aliphatic carboxylic acids is 1. The van der Waals surface area contributed by atoms with Crippen LogP contribution in [0.3, 0.4) is 0 Å². The summed E-state index contributed by atoms with van der Waals surface area (Å²) in [6.07, 6.45) is -0.515. The number of carbonyl (C=O) groups excluding carboxylic acids is 2. The number of aliphatic imine (C=N–C) groups is 1. The van der Waals surface area contributed by atoms with Gasteiger partial charge in [0, 0.05) is 17.7 Å². The van der Waals surface area contributed by atoms with E-state index in [0.29, 0.717) is 30.7 Å². The third kappa shape index (κ3) is 7.11. The van der Waals surface area contributed by atoms with Gasteiger partial charge < -0.3 is 15.3 Å². The van der Waals surface area contributed by atoms with Crippen LogP contribution in [0.1, 0.15) is 106 Å². The molecule has 1 fully saturated rings. The van der Waals surface area contributed by atoms with Crippen LogP contribution in [0.25, 0.3) is 0 Å². The Balaban J connectivity index is 1.71. The normalized spacial score (nSPS) is 21.6. The number of rotatable bonds is 9. The number of carboxylic acid groups (broad SMARTS) is 1. The Bertz CT molecular complexity index is 1370. The molecule has 0 aromatic heterocycles. The van der Waals surface area contributed by atoms with Gasteiger partial charge in [-0.05, 0) is 73.3 Å². The lowest BCUT2D eigenvalue weighted by atomic mass is 9.69. The van der Waals surface area contributed by atoms with Gasteiger partial charge in [-0.2, -0.15) is 13.2 Å². The summed E-state index contributed by atoms with van der Waals surface area (Å²) in [5, 5.41) is 11.4. The fourth-order valence-electron chi connectivity index (χ4n) is 6.33. The number of nitrogens with zero attached hydrogens (tertiary/aromatic N) is 2. The molecule has 7 nitrogen and oxygen atoms in total. The van der Waals surface area contributed by atoms with E-state index in [1.165, 1.54) is 12.1 Å². The lowest BCUT2D eigenvalue weighted by Gasteiger charge is -2.47. The van der Waals surface area contributed by atoms with Gasteiger partial charge in [0.15, 0.2) is 0 Å². The molecule has 232 valence electrons. The van der Waals surface area contributed by atoms with Gasteiger partial charge in [0.05, 0.1) is 18.0 Å². The molecule has 2 N–H and O–H groups in total. The van der Waals surface area contributed by atoms with E-state index in [1.54, 1.807) is 29.2 Å². The van der Waals surface area contributed by atoms with Gasteiger partial charge in [-0.25, -0.2) is 0 Å². The number of carbonyl (C=O) groups is 3. The molecule has 0 radical (unpaired) electrons. The number of amides is 2. The Labute approximate surface area is 250 Å². The van der Waals surface area contributed by atoms with Crippen LogP contribution >= 0.6 is 0 Å². The summed E-state index contributed by atoms with van der Waals surface area (Å²) in [6.45, 7) is 8.61. The number of hydrogen-bond acceptors (Lipinski definition) is 4. The van der Waals surface area contributed by atoms with E-state index in [0.717, 1.165) is 37.0 Å². The van der Waals surface area contributed by atoms with E-state index < -0.39 is 35.3 Å². The van der Waals surface area contributed by atoms with Crippen LogP contribution in [-0.2, 0) is 15.8 Å². The largest absolute Gasteiger partial charge is 0.481 e. The van der Waals surface area contributed by atoms with Crippen LogP contribution in [0.15, 0.2) is 53.5 Å². The number of nitrogens with one attached hydrogen (secondary N) is 1. The predicted octanol–water partition coefficient (Wildman–Crippen LogP) is 7.02. The minimum atomic E-state index is -4.55. The Morgan fingerprint density at radius 1 is 1.09 bits per heavy atom. The van der Waals surface area contributed by atoms with E-state index in [9.17, 15) is 27.6 Å². The molecule has 1 aliphatic carbocycles. The first-order valence-corrected chi connectivity index (χ1v) is 14.9. The molecule has 1 atom stereocenters. The van der Waals surface area contributed by atoms with Crippen molar-refractivity contribution in [1.29, 1.82) is 0 Å². The predicted molar refractivity (Wildman–Crippen MR) is 158 cm³/mol. The molecule has 2 aromatic carbocycles. The summed E-state index contributed by atoms with van der Waals surface area (Å²) in [5.74, 6) is -1.37. The fourth-order valence-corrected chi connectivity index (χ4v) is 6.33. The van der Waals surface area contributed by atoms with E-state index in [2.05, 4.69) is 26.1 Å². The van der Waals surface area contributed by atoms with Crippen molar-refractivity contribution < 1.29 is 32.7 Å². The monoisotopic (exact) mass is 599 g/mol. The zero-order valence-corrected chi connectivity index (χ0v) is 25.1. The number of benzene rings is 2. The van der Waals surface area contributed by atoms with Gasteiger partial charge >= 0.3 is 12.1 Å². The third-order valence-corrected chi connectivity index (χ3v) is 8.72. The lowest BCUT2D eigenvalue weighted by Crippen LogP contribution is -2.51. The van der Waals surface area contributed by atoms with Crippen molar-refractivity contribution in [3.05, 3.63) is 70.8 Å². The minimum Gasteiger partial charge on any atom is -0.481 e. The highest BCUT2D eigenvalue weighted by molar-refractivity contribution is 6.46. The topological polar surface area (TPSA) is 99.1 Å². The summed E-state index contributed by atoms with van der Waals surface area (Å²) in [6, 6.07) is 11.3. The first-order chi connectivity index (χ1) is 20.2. The van der Waals surface area contributed by atoms with Gasteiger partial charge in [-0.15, -0.1) is 0 Å². The number of carboxylic acids is 1. The second kappa shape index (κ2) is 12.5. The molecule has 2 aliphatic rings. The second-order valence-electron chi connectivity index (χ2n) is 12.7. The van der Waals surface area contributed by atoms with Crippen molar-refractivity contribution in [2.75, 3.05) is 6.54 Å². The van der Waals surface area contributed by atoms with Gasteiger partial charge in [-0.1, -0.05) is 58.4 Å².